The highest BCUT2D eigenvalue weighted by atomic mass is 16.2. The van der Waals surface area contributed by atoms with E-state index in [1.54, 1.807) is 12.3 Å². The molecule has 1 aromatic heterocycles. The molecule has 0 spiro atoms. The maximum absolute atomic E-state index is 11.4. The Morgan fingerprint density at radius 3 is 2.86 bits per heavy atom. The minimum Gasteiger partial charge on any atom is -0.294 e. The number of nitrogens with one attached hydrogen (secondary N) is 1. The minimum absolute atomic E-state index is 0.292. The van der Waals surface area contributed by atoms with Gasteiger partial charge in [0.25, 0.3) is 5.91 Å². The zero-order valence-electron chi connectivity index (χ0n) is 12.4. The van der Waals surface area contributed by atoms with E-state index in [2.05, 4.69) is 15.3 Å². The molecule has 2 unspecified atom stereocenters. The Kier molecular flexibility index (Phi) is 4.51. The lowest BCUT2D eigenvalue weighted by Gasteiger charge is -2.44. The standard InChI is InChI=1S/C16H24N4O/c17-19-16(21)13-7-8-14(18-10-13)11-20-9-3-5-12-4-1-2-6-15(12)20/h7-8,10,12,15H,1-6,9,11,17H2,(H,19,21). The first-order chi connectivity index (χ1) is 10.3. The lowest BCUT2D eigenvalue weighted by molar-refractivity contribution is 0.0537. The van der Waals surface area contributed by atoms with Crippen LogP contribution in [0.4, 0.5) is 0 Å². The molecule has 5 nitrogen and oxygen atoms in total. The predicted molar refractivity (Wildman–Crippen MR) is 81.3 cm³/mol. The zero-order chi connectivity index (χ0) is 14.7. The molecule has 21 heavy (non-hydrogen) atoms. The molecule has 2 aliphatic rings. The maximum atomic E-state index is 11.4. The van der Waals surface area contributed by atoms with E-state index in [1.807, 2.05) is 6.07 Å². The number of hydrogen-bond donors (Lipinski definition) is 2. The first-order valence-electron chi connectivity index (χ1n) is 7.98. The highest BCUT2D eigenvalue weighted by Gasteiger charge is 2.33. The van der Waals surface area contributed by atoms with Crippen LogP contribution >= 0.6 is 0 Å². The first-order valence-corrected chi connectivity index (χ1v) is 7.98. The fourth-order valence-corrected chi connectivity index (χ4v) is 3.87. The molecule has 0 bridgehead atoms. The van der Waals surface area contributed by atoms with Crippen molar-refractivity contribution < 1.29 is 4.79 Å². The van der Waals surface area contributed by atoms with Crippen molar-refractivity contribution in [2.24, 2.45) is 11.8 Å². The lowest BCUT2D eigenvalue weighted by Crippen LogP contribution is -2.46. The smallest absolute Gasteiger partial charge is 0.266 e. The molecular weight excluding hydrogens is 264 g/mol. The van der Waals surface area contributed by atoms with Crippen LogP contribution in [0.1, 0.15) is 54.6 Å². The van der Waals surface area contributed by atoms with Gasteiger partial charge in [-0.25, -0.2) is 5.84 Å². The molecule has 114 valence electrons. The molecule has 1 saturated carbocycles. The third-order valence-electron chi connectivity index (χ3n) is 4.94. The second-order valence-electron chi connectivity index (χ2n) is 6.24. The topological polar surface area (TPSA) is 71.2 Å². The lowest BCUT2D eigenvalue weighted by atomic mass is 9.78. The summed E-state index contributed by atoms with van der Waals surface area (Å²) in [5, 5.41) is 0. The van der Waals surface area contributed by atoms with Gasteiger partial charge < -0.3 is 0 Å². The van der Waals surface area contributed by atoms with Gasteiger partial charge >= 0.3 is 0 Å². The largest absolute Gasteiger partial charge is 0.294 e. The van der Waals surface area contributed by atoms with Gasteiger partial charge in [-0.05, 0) is 50.3 Å². The molecule has 3 rings (SSSR count). The summed E-state index contributed by atoms with van der Waals surface area (Å²) in [7, 11) is 0. The first kappa shape index (κ1) is 14.5. The third-order valence-corrected chi connectivity index (χ3v) is 4.94. The van der Waals surface area contributed by atoms with Crippen molar-refractivity contribution in [2.75, 3.05) is 6.54 Å². The van der Waals surface area contributed by atoms with Crippen molar-refractivity contribution >= 4 is 5.91 Å². The quantitative estimate of drug-likeness (QED) is 0.506. The van der Waals surface area contributed by atoms with E-state index < -0.39 is 0 Å². The number of nitrogens with zero attached hydrogens (tertiary/aromatic N) is 2. The number of amides is 1. The van der Waals surface area contributed by atoms with Gasteiger partial charge in [0.1, 0.15) is 0 Å². The highest BCUT2D eigenvalue weighted by Crippen LogP contribution is 2.35. The second kappa shape index (κ2) is 6.54. The number of likely N-dealkylation sites (tertiary alicyclic amines) is 1. The van der Waals surface area contributed by atoms with E-state index >= 15 is 0 Å². The number of nitrogens with two attached hydrogens (primary N) is 1. The zero-order valence-corrected chi connectivity index (χ0v) is 12.4. The Bertz CT molecular complexity index is 486. The summed E-state index contributed by atoms with van der Waals surface area (Å²) >= 11 is 0. The number of carbonyl (C=O) groups excluding carboxylic acids is 1. The molecule has 5 heteroatoms. The fourth-order valence-electron chi connectivity index (χ4n) is 3.87. The average molecular weight is 288 g/mol. The van der Waals surface area contributed by atoms with Gasteiger partial charge in [-0.15, -0.1) is 0 Å². The molecule has 2 atom stereocenters. The van der Waals surface area contributed by atoms with E-state index in [0.29, 0.717) is 5.56 Å². The molecule has 2 fully saturated rings. The van der Waals surface area contributed by atoms with Crippen molar-refractivity contribution in [2.45, 2.75) is 51.1 Å². The number of hydrogen-bond acceptors (Lipinski definition) is 4. The Hall–Kier alpha value is -1.46. The van der Waals surface area contributed by atoms with Crippen LogP contribution in [-0.2, 0) is 6.54 Å². The number of hydrazine groups is 1. The molecule has 0 radical (unpaired) electrons. The number of fused-ring (bicyclic) bond motifs is 1. The van der Waals surface area contributed by atoms with Gasteiger partial charge in [0.15, 0.2) is 0 Å². The van der Waals surface area contributed by atoms with Gasteiger partial charge in [-0.2, -0.15) is 0 Å². The van der Waals surface area contributed by atoms with Crippen molar-refractivity contribution in [3.63, 3.8) is 0 Å². The Labute approximate surface area is 125 Å². The minimum atomic E-state index is -0.292. The summed E-state index contributed by atoms with van der Waals surface area (Å²) in [5.74, 6) is 5.72. The molecular formula is C16H24N4O. The molecule has 1 saturated heterocycles. The predicted octanol–water partition coefficient (Wildman–Crippen LogP) is 1.84. The number of aromatic nitrogens is 1. The second-order valence-corrected chi connectivity index (χ2v) is 6.24. The van der Waals surface area contributed by atoms with Crippen LogP contribution in [0.5, 0.6) is 0 Å². The number of piperidine rings is 1. The number of nitrogen functional groups attached to an aromatic ring is 1. The number of rotatable bonds is 3. The Balaban J connectivity index is 1.66. The highest BCUT2D eigenvalue weighted by molar-refractivity contribution is 5.93. The summed E-state index contributed by atoms with van der Waals surface area (Å²) in [6.07, 6.45) is 9.79. The van der Waals surface area contributed by atoms with Gasteiger partial charge in [-0.3, -0.25) is 20.1 Å². The molecule has 1 aliphatic heterocycles. The molecule has 1 aromatic rings. The van der Waals surface area contributed by atoms with Crippen molar-refractivity contribution in [1.29, 1.82) is 0 Å². The van der Waals surface area contributed by atoms with Crippen LogP contribution in [0.3, 0.4) is 0 Å². The SMILES string of the molecule is NNC(=O)c1ccc(CN2CCCC3CCCCC32)nc1. The van der Waals surface area contributed by atoms with Gasteiger partial charge in [0, 0.05) is 18.8 Å². The molecule has 1 aliphatic carbocycles. The fraction of sp³-hybridized carbons (Fsp3) is 0.625. The van der Waals surface area contributed by atoms with Crippen LogP contribution < -0.4 is 11.3 Å². The van der Waals surface area contributed by atoms with Crippen molar-refractivity contribution in [3.8, 4) is 0 Å². The van der Waals surface area contributed by atoms with Crippen LogP contribution in [0.25, 0.3) is 0 Å². The van der Waals surface area contributed by atoms with E-state index in [1.165, 1.54) is 45.1 Å². The Morgan fingerprint density at radius 2 is 2.10 bits per heavy atom. The van der Waals surface area contributed by atoms with Crippen LogP contribution in [0, 0.1) is 5.92 Å². The number of pyridine rings is 1. The molecule has 2 heterocycles. The normalized spacial score (nSPS) is 26.1. The summed E-state index contributed by atoms with van der Waals surface area (Å²) in [5.41, 5.74) is 3.68. The van der Waals surface area contributed by atoms with E-state index in [4.69, 9.17) is 5.84 Å². The van der Waals surface area contributed by atoms with Crippen molar-refractivity contribution in [1.82, 2.24) is 15.3 Å². The van der Waals surface area contributed by atoms with Gasteiger partial charge in [-0.1, -0.05) is 12.8 Å². The van der Waals surface area contributed by atoms with Gasteiger partial charge in [0.05, 0.1) is 11.3 Å². The summed E-state index contributed by atoms with van der Waals surface area (Å²) in [6.45, 7) is 2.07. The monoisotopic (exact) mass is 288 g/mol. The average Bonchev–Trinajstić information content (AvgIpc) is 2.55. The third kappa shape index (κ3) is 3.24. The Morgan fingerprint density at radius 1 is 1.29 bits per heavy atom. The van der Waals surface area contributed by atoms with E-state index in [0.717, 1.165) is 24.2 Å². The van der Waals surface area contributed by atoms with Crippen LogP contribution in [0.2, 0.25) is 0 Å². The molecule has 3 N–H and O–H groups in total. The summed E-state index contributed by atoms with van der Waals surface area (Å²) < 4.78 is 0. The number of carbonyl (C=O) groups is 1. The molecule has 1 amide bonds. The maximum Gasteiger partial charge on any atom is 0.266 e. The molecule has 0 aromatic carbocycles. The van der Waals surface area contributed by atoms with Crippen LogP contribution in [-0.4, -0.2) is 28.4 Å². The van der Waals surface area contributed by atoms with Crippen molar-refractivity contribution in [3.05, 3.63) is 29.6 Å². The van der Waals surface area contributed by atoms with Crippen LogP contribution in [0.15, 0.2) is 18.3 Å². The van der Waals surface area contributed by atoms with Gasteiger partial charge in [0.2, 0.25) is 0 Å². The van der Waals surface area contributed by atoms with E-state index in [9.17, 15) is 4.79 Å². The summed E-state index contributed by atoms with van der Waals surface area (Å²) in [6, 6.07) is 4.48. The van der Waals surface area contributed by atoms with E-state index in [-0.39, 0.29) is 5.91 Å². The summed E-state index contributed by atoms with van der Waals surface area (Å²) in [4.78, 5) is 18.4.